The van der Waals surface area contributed by atoms with Gasteiger partial charge in [-0.25, -0.2) is 4.79 Å². The molecule has 1 aliphatic carbocycles. The lowest BCUT2D eigenvalue weighted by Crippen LogP contribution is -2.50. The molecule has 32 heavy (non-hydrogen) atoms. The summed E-state index contributed by atoms with van der Waals surface area (Å²) in [5.41, 5.74) is 2.90. The number of ether oxygens (including phenoxy) is 1. The number of hydrogen-bond donors (Lipinski definition) is 3. The molecule has 2 aromatic carbocycles. The molecule has 0 aliphatic heterocycles. The van der Waals surface area contributed by atoms with E-state index < -0.39 is 12.1 Å². The van der Waals surface area contributed by atoms with Gasteiger partial charge in [0.2, 0.25) is 5.91 Å². The van der Waals surface area contributed by atoms with Crippen molar-refractivity contribution in [1.29, 1.82) is 0 Å². The smallest absolute Gasteiger partial charge is 0.408 e. The van der Waals surface area contributed by atoms with E-state index in [-0.39, 0.29) is 18.6 Å². The lowest BCUT2D eigenvalue weighted by Gasteiger charge is -2.22. The summed E-state index contributed by atoms with van der Waals surface area (Å²) in [6.45, 7) is 0.163. The van der Waals surface area contributed by atoms with Crippen LogP contribution in [0.3, 0.4) is 0 Å². The van der Waals surface area contributed by atoms with E-state index in [1.807, 2.05) is 60.8 Å². The number of benzene rings is 2. The molecule has 6 nitrogen and oxygen atoms in total. The molecule has 1 atom stereocenters. The fraction of sp³-hybridized carbons (Fsp3) is 0.385. The number of aromatic nitrogens is 1. The Bertz CT molecular complexity index is 1020. The monoisotopic (exact) mass is 433 g/mol. The summed E-state index contributed by atoms with van der Waals surface area (Å²) in [6, 6.07) is 16.9. The lowest BCUT2D eigenvalue weighted by atomic mass is 10.0. The molecule has 0 unspecified atom stereocenters. The van der Waals surface area contributed by atoms with Gasteiger partial charge in [-0.3, -0.25) is 4.79 Å². The molecule has 1 aromatic heterocycles. The van der Waals surface area contributed by atoms with Gasteiger partial charge in [-0.2, -0.15) is 0 Å². The van der Waals surface area contributed by atoms with Crippen LogP contribution in [0.1, 0.15) is 49.7 Å². The second-order valence-corrected chi connectivity index (χ2v) is 8.52. The summed E-state index contributed by atoms with van der Waals surface area (Å²) in [4.78, 5) is 29.0. The maximum Gasteiger partial charge on any atom is 0.408 e. The van der Waals surface area contributed by atoms with E-state index in [4.69, 9.17) is 4.74 Å². The molecule has 3 N–H and O–H groups in total. The molecule has 1 saturated carbocycles. The van der Waals surface area contributed by atoms with Crippen molar-refractivity contribution in [2.24, 2.45) is 0 Å². The Morgan fingerprint density at radius 2 is 1.69 bits per heavy atom. The zero-order valence-corrected chi connectivity index (χ0v) is 18.3. The fourth-order valence-electron chi connectivity index (χ4n) is 4.36. The summed E-state index contributed by atoms with van der Waals surface area (Å²) in [6.07, 6.45) is 8.39. The highest BCUT2D eigenvalue weighted by molar-refractivity contribution is 5.88. The van der Waals surface area contributed by atoms with E-state index in [0.717, 1.165) is 47.7 Å². The number of para-hydroxylation sites is 1. The molecule has 0 spiro atoms. The van der Waals surface area contributed by atoms with Crippen molar-refractivity contribution < 1.29 is 14.3 Å². The van der Waals surface area contributed by atoms with Crippen LogP contribution >= 0.6 is 0 Å². The van der Waals surface area contributed by atoms with Gasteiger partial charge in [0.1, 0.15) is 12.6 Å². The van der Waals surface area contributed by atoms with Crippen LogP contribution in [0, 0.1) is 0 Å². The molecular weight excluding hydrogens is 402 g/mol. The first-order valence-electron chi connectivity index (χ1n) is 11.5. The standard InChI is InChI=1S/C26H31N3O3/c30-25(28-21-12-6-1-2-7-13-21)24(16-20-17-27-23-15-9-8-14-22(20)23)29-26(31)32-18-19-10-4-3-5-11-19/h3-5,8-11,14-15,17,21,24,27H,1-2,6-7,12-13,16,18H2,(H,28,30)(H,29,31)/t24-/m1/s1. The van der Waals surface area contributed by atoms with Crippen LogP contribution in [0.5, 0.6) is 0 Å². The second kappa shape index (κ2) is 10.8. The summed E-state index contributed by atoms with van der Waals surface area (Å²) >= 11 is 0. The molecule has 3 aromatic rings. The van der Waals surface area contributed by atoms with Gasteiger partial charge < -0.3 is 20.4 Å². The van der Waals surface area contributed by atoms with Crippen molar-refractivity contribution in [3.8, 4) is 0 Å². The van der Waals surface area contributed by atoms with Crippen molar-refractivity contribution in [3.63, 3.8) is 0 Å². The van der Waals surface area contributed by atoms with Crippen molar-refractivity contribution in [2.45, 2.75) is 63.6 Å². The van der Waals surface area contributed by atoms with Gasteiger partial charge >= 0.3 is 6.09 Å². The maximum atomic E-state index is 13.2. The number of H-pyrrole nitrogens is 1. The number of alkyl carbamates (subject to hydrolysis) is 1. The van der Waals surface area contributed by atoms with Crippen molar-refractivity contribution in [3.05, 3.63) is 71.9 Å². The van der Waals surface area contributed by atoms with Crippen LogP contribution in [-0.4, -0.2) is 29.1 Å². The van der Waals surface area contributed by atoms with Gasteiger partial charge in [0.15, 0.2) is 0 Å². The fourth-order valence-corrected chi connectivity index (χ4v) is 4.36. The third-order valence-electron chi connectivity index (χ3n) is 6.12. The van der Waals surface area contributed by atoms with E-state index in [2.05, 4.69) is 15.6 Å². The SMILES string of the molecule is O=C(N[C@H](Cc1c[nH]c2ccccc12)C(=O)NC1CCCCCC1)OCc1ccccc1. The molecule has 4 rings (SSSR count). The Kier molecular flexibility index (Phi) is 7.43. The molecule has 2 amide bonds. The molecule has 6 heteroatoms. The predicted molar refractivity (Wildman–Crippen MR) is 125 cm³/mol. The van der Waals surface area contributed by atoms with E-state index in [9.17, 15) is 9.59 Å². The minimum atomic E-state index is -0.708. The van der Waals surface area contributed by atoms with Crippen LogP contribution in [0.15, 0.2) is 60.8 Å². The Morgan fingerprint density at radius 3 is 2.47 bits per heavy atom. The van der Waals surface area contributed by atoms with E-state index in [0.29, 0.717) is 6.42 Å². The molecule has 0 bridgehead atoms. The largest absolute Gasteiger partial charge is 0.445 e. The zero-order valence-electron chi connectivity index (χ0n) is 18.3. The van der Waals surface area contributed by atoms with Gasteiger partial charge in [-0.1, -0.05) is 74.2 Å². The quantitative estimate of drug-likeness (QED) is 0.466. The average molecular weight is 434 g/mol. The molecule has 168 valence electrons. The molecule has 1 aliphatic rings. The molecule has 0 radical (unpaired) electrons. The summed E-state index contributed by atoms with van der Waals surface area (Å²) < 4.78 is 5.39. The third kappa shape index (κ3) is 5.90. The number of rotatable bonds is 7. The predicted octanol–water partition coefficient (Wildman–Crippen LogP) is 4.84. The lowest BCUT2D eigenvalue weighted by molar-refractivity contribution is -0.123. The van der Waals surface area contributed by atoms with Crippen LogP contribution in [0.25, 0.3) is 10.9 Å². The van der Waals surface area contributed by atoms with Crippen molar-refractivity contribution in [1.82, 2.24) is 15.6 Å². The normalized spacial score (nSPS) is 15.6. The highest BCUT2D eigenvalue weighted by atomic mass is 16.5. The van der Waals surface area contributed by atoms with Gasteiger partial charge in [-0.05, 0) is 30.0 Å². The summed E-state index contributed by atoms with van der Waals surface area (Å²) in [5, 5.41) is 7.04. The Balaban J connectivity index is 1.44. The minimum absolute atomic E-state index is 0.154. The number of aromatic amines is 1. The Morgan fingerprint density at radius 1 is 0.969 bits per heavy atom. The minimum Gasteiger partial charge on any atom is -0.445 e. The average Bonchev–Trinajstić information content (AvgIpc) is 3.04. The van der Waals surface area contributed by atoms with Gasteiger partial charge in [0.25, 0.3) is 0 Å². The number of amides is 2. The molecule has 0 saturated heterocycles. The molecule has 1 fully saturated rings. The van der Waals surface area contributed by atoms with E-state index in [1.165, 1.54) is 12.8 Å². The van der Waals surface area contributed by atoms with E-state index in [1.54, 1.807) is 0 Å². The Hall–Kier alpha value is -3.28. The number of carbonyl (C=O) groups excluding carboxylic acids is 2. The first kappa shape index (κ1) is 21.9. The third-order valence-corrected chi connectivity index (χ3v) is 6.12. The van der Waals surface area contributed by atoms with Crippen molar-refractivity contribution in [2.75, 3.05) is 0 Å². The highest BCUT2D eigenvalue weighted by Crippen LogP contribution is 2.20. The van der Waals surface area contributed by atoms with Crippen molar-refractivity contribution >= 4 is 22.9 Å². The van der Waals surface area contributed by atoms with Gasteiger partial charge in [0, 0.05) is 29.6 Å². The van der Waals surface area contributed by atoms with E-state index >= 15 is 0 Å². The molecular formula is C26H31N3O3. The number of fused-ring (bicyclic) bond motifs is 1. The second-order valence-electron chi connectivity index (χ2n) is 8.52. The number of carbonyl (C=O) groups is 2. The van der Waals surface area contributed by atoms with Crippen LogP contribution in [0.4, 0.5) is 4.79 Å². The Labute approximate surface area is 188 Å². The maximum absolute atomic E-state index is 13.2. The zero-order chi connectivity index (χ0) is 22.2. The van der Waals surface area contributed by atoms with Gasteiger partial charge in [-0.15, -0.1) is 0 Å². The summed E-state index contributed by atoms with van der Waals surface area (Å²) in [7, 11) is 0. The van der Waals surface area contributed by atoms with Crippen LogP contribution in [0.2, 0.25) is 0 Å². The summed E-state index contributed by atoms with van der Waals surface area (Å²) in [5.74, 6) is -0.154. The topological polar surface area (TPSA) is 83.2 Å². The number of nitrogens with one attached hydrogen (secondary N) is 3. The molecule has 1 heterocycles. The van der Waals surface area contributed by atoms with Gasteiger partial charge in [0.05, 0.1) is 0 Å². The first-order chi connectivity index (χ1) is 15.7. The first-order valence-corrected chi connectivity index (χ1v) is 11.5. The van der Waals surface area contributed by atoms with Crippen LogP contribution < -0.4 is 10.6 Å². The highest BCUT2D eigenvalue weighted by Gasteiger charge is 2.25. The van der Waals surface area contributed by atoms with Crippen LogP contribution in [-0.2, 0) is 22.6 Å². The number of hydrogen-bond acceptors (Lipinski definition) is 3.